The molecule has 0 aromatic rings. The van der Waals surface area contributed by atoms with E-state index in [0.717, 1.165) is 19.4 Å². The van der Waals surface area contributed by atoms with Crippen LogP contribution in [-0.2, 0) is 4.74 Å². The summed E-state index contributed by atoms with van der Waals surface area (Å²) in [6.45, 7) is 10.8. The zero-order valence-corrected chi connectivity index (χ0v) is 14.6. The third-order valence-electron chi connectivity index (χ3n) is 4.45. The molecule has 4 heteroatoms. The lowest BCUT2D eigenvalue weighted by Gasteiger charge is -2.36. The molecular weight excluding hydrogens is 264 g/mol. The zero-order valence-electron chi connectivity index (χ0n) is 14.6. The number of amides is 1. The predicted octanol–water partition coefficient (Wildman–Crippen LogP) is 3.99. The topological polar surface area (TPSA) is 50.4 Å². The van der Waals surface area contributed by atoms with Crippen LogP contribution in [0.25, 0.3) is 0 Å². The predicted molar refractivity (Wildman–Crippen MR) is 87.6 cm³/mol. The fourth-order valence-corrected chi connectivity index (χ4v) is 2.89. The minimum atomic E-state index is -0.450. The van der Waals surface area contributed by atoms with Gasteiger partial charge in [0.15, 0.2) is 0 Å². The maximum absolute atomic E-state index is 12.1. The minimum Gasteiger partial charge on any atom is -0.444 e. The maximum Gasteiger partial charge on any atom is 0.408 e. The summed E-state index contributed by atoms with van der Waals surface area (Å²) in [6, 6.07) is 0.608. The van der Waals surface area contributed by atoms with Gasteiger partial charge in [-0.2, -0.15) is 0 Å². The Bertz CT molecular complexity index is 313. The van der Waals surface area contributed by atoms with Crippen molar-refractivity contribution in [3.8, 4) is 0 Å². The fraction of sp³-hybridized carbons (Fsp3) is 0.941. The van der Waals surface area contributed by atoms with Crippen LogP contribution in [0.3, 0.4) is 0 Å². The Balaban J connectivity index is 2.53. The monoisotopic (exact) mass is 298 g/mol. The number of nitrogens with one attached hydrogen (secondary N) is 2. The molecule has 0 radical (unpaired) electrons. The second-order valence-corrected chi connectivity index (χ2v) is 7.33. The van der Waals surface area contributed by atoms with Crippen molar-refractivity contribution in [3.63, 3.8) is 0 Å². The first-order valence-electron chi connectivity index (χ1n) is 8.55. The highest BCUT2D eigenvalue weighted by Gasteiger charge is 2.31. The van der Waals surface area contributed by atoms with Gasteiger partial charge in [-0.1, -0.05) is 33.1 Å². The van der Waals surface area contributed by atoms with Crippen LogP contribution >= 0.6 is 0 Å². The van der Waals surface area contributed by atoms with Crippen LogP contribution in [0.2, 0.25) is 0 Å². The quantitative estimate of drug-likeness (QED) is 0.779. The van der Waals surface area contributed by atoms with E-state index in [4.69, 9.17) is 4.74 Å². The highest BCUT2D eigenvalue weighted by Crippen LogP contribution is 2.20. The van der Waals surface area contributed by atoms with Crippen molar-refractivity contribution in [2.45, 2.75) is 96.7 Å². The number of carbonyl (C=O) groups is 1. The molecule has 0 aromatic heterocycles. The average Bonchev–Trinajstić information content (AvgIpc) is 2.43. The molecule has 124 valence electrons. The second kappa shape index (κ2) is 8.02. The lowest BCUT2D eigenvalue weighted by atomic mass is 9.90. The normalized spacial score (nSPS) is 17.6. The highest BCUT2D eigenvalue weighted by atomic mass is 16.6. The van der Waals surface area contributed by atoms with E-state index in [-0.39, 0.29) is 11.6 Å². The van der Waals surface area contributed by atoms with Crippen molar-refractivity contribution < 1.29 is 9.53 Å². The molecule has 4 nitrogen and oxygen atoms in total. The molecule has 1 saturated carbocycles. The lowest BCUT2D eigenvalue weighted by Crippen LogP contribution is -2.56. The molecule has 0 aromatic carbocycles. The van der Waals surface area contributed by atoms with Crippen LogP contribution < -0.4 is 10.6 Å². The van der Waals surface area contributed by atoms with E-state index in [2.05, 4.69) is 24.5 Å². The Morgan fingerprint density at radius 3 is 2.14 bits per heavy atom. The molecule has 0 bridgehead atoms. The zero-order chi connectivity index (χ0) is 15.9. The molecule has 0 unspecified atom stereocenters. The number of carbonyl (C=O) groups excluding carboxylic acids is 1. The molecule has 1 aliphatic carbocycles. The summed E-state index contributed by atoms with van der Waals surface area (Å²) < 4.78 is 5.41. The SMILES string of the molecule is CCC(CC)(CNC1CCCCC1)NC(=O)OC(C)(C)C. The summed E-state index contributed by atoms with van der Waals surface area (Å²) >= 11 is 0. The summed E-state index contributed by atoms with van der Waals surface area (Å²) in [6.07, 6.45) is 8.03. The smallest absolute Gasteiger partial charge is 0.408 e. The van der Waals surface area contributed by atoms with Gasteiger partial charge in [0, 0.05) is 12.6 Å². The molecule has 1 rings (SSSR count). The largest absolute Gasteiger partial charge is 0.444 e. The van der Waals surface area contributed by atoms with Crippen LogP contribution in [0.5, 0.6) is 0 Å². The molecule has 1 amide bonds. The van der Waals surface area contributed by atoms with Gasteiger partial charge in [0.05, 0.1) is 5.54 Å². The van der Waals surface area contributed by atoms with Gasteiger partial charge in [0.2, 0.25) is 0 Å². The number of hydrogen-bond donors (Lipinski definition) is 2. The molecular formula is C17H34N2O2. The van der Waals surface area contributed by atoms with Gasteiger partial charge in [-0.25, -0.2) is 4.79 Å². The summed E-state index contributed by atoms with van der Waals surface area (Å²) in [5.74, 6) is 0. The summed E-state index contributed by atoms with van der Waals surface area (Å²) in [5, 5.41) is 6.76. The van der Waals surface area contributed by atoms with Gasteiger partial charge < -0.3 is 15.4 Å². The molecule has 2 N–H and O–H groups in total. The molecule has 0 spiro atoms. The Kier molecular flexibility index (Phi) is 6.98. The first-order chi connectivity index (χ1) is 9.80. The fourth-order valence-electron chi connectivity index (χ4n) is 2.89. The molecule has 21 heavy (non-hydrogen) atoms. The first kappa shape index (κ1) is 18.3. The van der Waals surface area contributed by atoms with E-state index < -0.39 is 5.60 Å². The Hall–Kier alpha value is -0.770. The van der Waals surface area contributed by atoms with Gasteiger partial charge in [0.1, 0.15) is 5.60 Å². The van der Waals surface area contributed by atoms with E-state index in [1.807, 2.05) is 20.8 Å². The third kappa shape index (κ3) is 6.68. The van der Waals surface area contributed by atoms with Crippen molar-refractivity contribution in [2.75, 3.05) is 6.54 Å². The Morgan fingerprint density at radius 1 is 1.10 bits per heavy atom. The van der Waals surface area contributed by atoms with Crippen LogP contribution in [0.1, 0.15) is 79.6 Å². The third-order valence-corrected chi connectivity index (χ3v) is 4.45. The van der Waals surface area contributed by atoms with Crippen LogP contribution in [0.4, 0.5) is 4.79 Å². The lowest BCUT2D eigenvalue weighted by molar-refractivity contribution is 0.0443. The summed E-state index contributed by atoms with van der Waals surface area (Å²) in [4.78, 5) is 12.1. The van der Waals surface area contributed by atoms with Gasteiger partial charge in [-0.15, -0.1) is 0 Å². The molecule has 0 aliphatic heterocycles. The minimum absolute atomic E-state index is 0.209. The van der Waals surface area contributed by atoms with Gasteiger partial charge in [-0.05, 0) is 46.5 Å². The van der Waals surface area contributed by atoms with Gasteiger partial charge in [0.25, 0.3) is 0 Å². The standard InChI is InChI=1S/C17H34N2O2/c1-6-17(7-2,19-15(20)21-16(3,4)5)13-18-14-11-9-8-10-12-14/h14,18H,6-13H2,1-5H3,(H,19,20). The van der Waals surface area contributed by atoms with Crippen LogP contribution in [-0.4, -0.2) is 29.8 Å². The van der Waals surface area contributed by atoms with Crippen molar-refractivity contribution in [2.24, 2.45) is 0 Å². The summed E-state index contributed by atoms with van der Waals surface area (Å²) in [5.41, 5.74) is -0.659. The van der Waals surface area contributed by atoms with E-state index in [1.54, 1.807) is 0 Å². The van der Waals surface area contributed by atoms with Crippen molar-refractivity contribution in [1.29, 1.82) is 0 Å². The molecule has 0 heterocycles. The molecule has 0 saturated heterocycles. The second-order valence-electron chi connectivity index (χ2n) is 7.33. The van der Waals surface area contributed by atoms with E-state index in [1.165, 1.54) is 32.1 Å². The molecule has 1 fully saturated rings. The van der Waals surface area contributed by atoms with Gasteiger partial charge >= 0.3 is 6.09 Å². The van der Waals surface area contributed by atoms with E-state index in [9.17, 15) is 4.79 Å². The van der Waals surface area contributed by atoms with Crippen molar-refractivity contribution in [1.82, 2.24) is 10.6 Å². The molecule has 0 atom stereocenters. The number of hydrogen-bond acceptors (Lipinski definition) is 3. The van der Waals surface area contributed by atoms with E-state index >= 15 is 0 Å². The van der Waals surface area contributed by atoms with Crippen molar-refractivity contribution >= 4 is 6.09 Å². The first-order valence-corrected chi connectivity index (χ1v) is 8.55. The van der Waals surface area contributed by atoms with Crippen LogP contribution in [0.15, 0.2) is 0 Å². The Morgan fingerprint density at radius 2 is 1.67 bits per heavy atom. The van der Waals surface area contributed by atoms with E-state index in [0.29, 0.717) is 6.04 Å². The Labute approximate surface area is 130 Å². The number of rotatable bonds is 6. The maximum atomic E-state index is 12.1. The van der Waals surface area contributed by atoms with Gasteiger partial charge in [-0.3, -0.25) is 0 Å². The average molecular weight is 298 g/mol. The van der Waals surface area contributed by atoms with Crippen LogP contribution in [0, 0.1) is 0 Å². The molecule has 1 aliphatic rings. The highest BCUT2D eigenvalue weighted by molar-refractivity contribution is 5.68. The number of alkyl carbamates (subject to hydrolysis) is 1. The number of ether oxygens (including phenoxy) is 1. The summed E-state index contributed by atoms with van der Waals surface area (Å²) in [7, 11) is 0. The van der Waals surface area contributed by atoms with Crippen molar-refractivity contribution in [3.05, 3.63) is 0 Å².